The number of nitrogens with zero attached hydrogens (tertiary/aromatic N) is 2. The predicted molar refractivity (Wildman–Crippen MR) is 114 cm³/mol. The molecule has 6 heteroatoms. The molecule has 1 aromatic carbocycles. The van der Waals surface area contributed by atoms with Crippen LogP contribution >= 0.6 is 0 Å². The Morgan fingerprint density at radius 2 is 2.17 bits per heavy atom. The molecule has 1 N–H and O–H groups in total. The lowest BCUT2D eigenvalue weighted by Gasteiger charge is -2.34. The number of aliphatic imine (C=N–C) groups is 1. The second kappa shape index (κ2) is 8.43. The highest BCUT2D eigenvalue weighted by Crippen LogP contribution is 2.32. The van der Waals surface area contributed by atoms with Gasteiger partial charge in [0, 0.05) is 23.7 Å². The molecule has 4 aliphatic rings. The molecule has 0 bridgehead atoms. The number of benzene rings is 1. The van der Waals surface area contributed by atoms with E-state index in [1.165, 1.54) is 11.1 Å². The zero-order valence-corrected chi connectivity index (χ0v) is 17.2. The van der Waals surface area contributed by atoms with Crippen molar-refractivity contribution >= 4 is 11.6 Å². The van der Waals surface area contributed by atoms with E-state index in [1.54, 1.807) is 0 Å². The van der Waals surface area contributed by atoms with Crippen molar-refractivity contribution < 1.29 is 19.3 Å². The fourth-order valence-corrected chi connectivity index (χ4v) is 4.48. The number of fused-ring (bicyclic) bond motifs is 3. The molecule has 0 amide bonds. The maximum absolute atomic E-state index is 10.5. The molecule has 6 nitrogen and oxygen atoms in total. The molecule has 1 atom stereocenters. The number of hydrogen-bond donors (Lipinski definition) is 1. The molecule has 30 heavy (non-hydrogen) atoms. The van der Waals surface area contributed by atoms with E-state index in [0.717, 1.165) is 49.9 Å². The summed E-state index contributed by atoms with van der Waals surface area (Å²) in [6.45, 7) is 3.82. The summed E-state index contributed by atoms with van der Waals surface area (Å²) in [6, 6.07) is 6.35. The summed E-state index contributed by atoms with van der Waals surface area (Å²) in [6.07, 6.45) is 6.65. The summed E-state index contributed by atoms with van der Waals surface area (Å²) in [5, 5.41) is 10.5. The van der Waals surface area contributed by atoms with E-state index in [2.05, 4.69) is 33.9 Å². The third-order valence-electron chi connectivity index (χ3n) is 6.20. The van der Waals surface area contributed by atoms with Crippen LogP contribution in [0.4, 0.5) is 0 Å². The molecule has 1 aromatic rings. The quantitative estimate of drug-likeness (QED) is 0.761. The second-order valence-corrected chi connectivity index (χ2v) is 8.42. The smallest absolute Gasteiger partial charge is 0.212 e. The van der Waals surface area contributed by atoms with Gasteiger partial charge in [0.25, 0.3) is 0 Å². The number of ether oxygens (including phenoxy) is 3. The minimum absolute atomic E-state index is 0.0349. The Morgan fingerprint density at radius 1 is 1.27 bits per heavy atom. The Bertz CT molecular complexity index is 915. The first kappa shape index (κ1) is 19.6. The molecule has 2 fully saturated rings. The fraction of sp³-hybridized carbons (Fsp3) is 0.542. The molecule has 1 saturated carbocycles. The SMILES string of the molecule is OC1(C#Cc2ccc3c(c2)CCN2CN=C(OCC4COCCO4)C=C32)CCCC1. The summed E-state index contributed by atoms with van der Waals surface area (Å²) in [7, 11) is 0. The number of rotatable bonds is 2. The van der Waals surface area contributed by atoms with E-state index >= 15 is 0 Å². The van der Waals surface area contributed by atoms with Gasteiger partial charge in [0.2, 0.25) is 5.90 Å². The molecule has 0 radical (unpaired) electrons. The van der Waals surface area contributed by atoms with E-state index in [0.29, 0.717) is 39.0 Å². The van der Waals surface area contributed by atoms with Crippen molar-refractivity contribution in [1.82, 2.24) is 4.90 Å². The summed E-state index contributed by atoms with van der Waals surface area (Å²) in [5.74, 6) is 6.97. The highest BCUT2D eigenvalue weighted by Gasteiger charge is 2.29. The van der Waals surface area contributed by atoms with Crippen LogP contribution in [0.2, 0.25) is 0 Å². The molecule has 0 spiro atoms. The fourth-order valence-electron chi connectivity index (χ4n) is 4.48. The first-order valence-electron chi connectivity index (χ1n) is 10.9. The molecule has 158 valence electrons. The number of aliphatic hydroxyl groups is 1. The Kier molecular flexibility index (Phi) is 5.51. The first-order valence-corrected chi connectivity index (χ1v) is 10.9. The van der Waals surface area contributed by atoms with Crippen molar-refractivity contribution in [1.29, 1.82) is 0 Å². The maximum atomic E-state index is 10.5. The summed E-state index contributed by atoms with van der Waals surface area (Å²) >= 11 is 0. The Morgan fingerprint density at radius 3 is 3.00 bits per heavy atom. The highest BCUT2D eigenvalue weighted by molar-refractivity contribution is 5.96. The van der Waals surface area contributed by atoms with Crippen LogP contribution in [-0.4, -0.2) is 67.3 Å². The molecule has 3 heterocycles. The van der Waals surface area contributed by atoms with Gasteiger partial charge in [0.05, 0.1) is 25.5 Å². The van der Waals surface area contributed by atoms with Crippen LogP contribution in [0.3, 0.4) is 0 Å². The Labute approximate surface area is 177 Å². The van der Waals surface area contributed by atoms with Gasteiger partial charge in [-0.1, -0.05) is 17.9 Å². The molecular weight excluding hydrogens is 380 g/mol. The van der Waals surface area contributed by atoms with Crippen molar-refractivity contribution in [3.8, 4) is 11.8 Å². The van der Waals surface area contributed by atoms with Crippen LogP contribution in [0.15, 0.2) is 29.3 Å². The monoisotopic (exact) mass is 408 g/mol. The van der Waals surface area contributed by atoms with Crippen molar-refractivity contribution in [3.05, 3.63) is 41.0 Å². The van der Waals surface area contributed by atoms with Crippen LogP contribution < -0.4 is 0 Å². The van der Waals surface area contributed by atoms with Gasteiger partial charge in [-0.2, -0.15) is 0 Å². The lowest BCUT2D eigenvalue weighted by Crippen LogP contribution is -2.35. The standard InChI is InChI=1S/C24H28N2O4/c27-24(7-1-2-8-24)9-5-18-3-4-21-19(13-18)6-10-26-17-25-23(14-22(21)26)30-16-20-15-28-11-12-29-20/h3-4,13-14,20,27H,1-2,6-8,10-12,15-17H2. The van der Waals surface area contributed by atoms with Gasteiger partial charge in [-0.05, 0) is 49.8 Å². The lowest BCUT2D eigenvalue weighted by molar-refractivity contribution is -0.103. The predicted octanol–water partition coefficient (Wildman–Crippen LogP) is 2.34. The third kappa shape index (κ3) is 4.24. The molecule has 1 unspecified atom stereocenters. The maximum Gasteiger partial charge on any atom is 0.212 e. The minimum atomic E-state index is -0.797. The normalized spacial score (nSPS) is 24.7. The average molecular weight is 408 g/mol. The van der Waals surface area contributed by atoms with Crippen LogP contribution in [0.25, 0.3) is 5.70 Å². The third-order valence-corrected chi connectivity index (χ3v) is 6.20. The molecule has 3 aliphatic heterocycles. The van der Waals surface area contributed by atoms with Gasteiger partial charge in [-0.15, -0.1) is 0 Å². The number of hydrogen-bond acceptors (Lipinski definition) is 6. The second-order valence-electron chi connectivity index (χ2n) is 8.42. The van der Waals surface area contributed by atoms with E-state index in [1.807, 2.05) is 12.1 Å². The topological polar surface area (TPSA) is 63.5 Å². The Hall–Kier alpha value is -2.33. The van der Waals surface area contributed by atoms with E-state index in [4.69, 9.17) is 14.2 Å². The van der Waals surface area contributed by atoms with Gasteiger partial charge in [0.15, 0.2) is 0 Å². The molecular formula is C24H28N2O4. The molecule has 1 aliphatic carbocycles. The summed E-state index contributed by atoms with van der Waals surface area (Å²) in [5.41, 5.74) is 3.82. The van der Waals surface area contributed by atoms with Crippen LogP contribution in [-0.2, 0) is 20.6 Å². The van der Waals surface area contributed by atoms with E-state index < -0.39 is 5.60 Å². The molecule has 0 aromatic heterocycles. The van der Waals surface area contributed by atoms with Crippen LogP contribution in [0.1, 0.15) is 42.4 Å². The first-order chi connectivity index (χ1) is 14.7. The molecule has 5 rings (SSSR count). The zero-order chi connectivity index (χ0) is 20.4. The van der Waals surface area contributed by atoms with E-state index in [-0.39, 0.29) is 6.10 Å². The minimum Gasteiger partial charge on any atom is -0.475 e. The van der Waals surface area contributed by atoms with Crippen LogP contribution in [0.5, 0.6) is 0 Å². The van der Waals surface area contributed by atoms with Gasteiger partial charge >= 0.3 is 0 Å². The van der Waals surface area contributed by atoms with Gasteiger partial charge < -0.3 is 24.2 Å². The van der Waals surface area contributed by atoms with Crippen molar-refractivity contribution in [3.63, 3.8) is 0 Å². The van der Waals surface area contributed by atoms with Gasteiger partial charge in [-0.3, -0.25) is 0 Å². The van der Waals surface area contributed by atoms with Gasteiger partial charge in [0.1, 0.15) is 25.0 Å². The van der Waals surface area contributed by atoms with Crippen molar-refractivity contribution in [2.75, 3.05) is 39.6 Å². The van der Waals surface area contributed by atoms with E-state index in [9.17, 15) is 5.11 Å². The largest absolute Gasteiger partial charge is 0.475 e. The lowest BCUT2D eigenvalue weighted by atomic mass is 9.93. The molecule has 1 saturated heterocycles. The Balaban J connectivity index is 1.31. The van der Waals surface area contributed by atoms with Gasteiger partial charge in [-0.25, -0.2) is 4.99 Å². The zero-order valence-electron chi connectivity index (χ0n) is 17.2. The summed E-state index contributed by atoms with van der Waals surface area (Å²) < 4.78 is 17.0. The summed E-state index contributed by atoms with van der Waals surface area (Å²) in [4.78, 5) is 6.85. The highest BCUT2D eigenvalue weighted by atomic mass is 16.6. The van der Waals surface area contributed by atoms with Crippen molar-refractivity contribution in [2.45, 2.75) is 43.8 Å². The average Bonchev–Trinajstić information content (AvgIpc) is 3.23. The van der Waals surface area contributed by atoms with Crippen molar-refractivity contribution in [2.24, 2.45) is 4.99 Å². The van der Waals surface area contributed by atoms with Crippen LogP contribution in [0, 0.1) is 11.8 Å².